The quantitative estimate of drug-likeness (QED) is 0.895. The highest BCUT2D eigenvalue weighted by Gasteiger charge is 2.22. The predicted octanol–water partition coefficient (Wildman–Crippen LogP) is 2.97. The van der Waals surface area contributed by atoms with Crippen LogP contribution in [-0.4, -0.2) is 30.4 Å². The second kappa shape index (κ2) is 6.89. The first-order valence-corrected chi connectivity index (χ1v) is 7.69. The Labute approximate surface area is 122 Å². The first-order chi connectivity index (χ1) is 9.60. The maximum Gasteiger partial charge on any atom is 0.222 e. The van der Waals surface area contributed by atoms with E-state index in [4.69, 9.17) is 0 Å². The monoisotopic (exact) mass is 274 g/mol. The fourth-order valence-corrected chi connectivity index (χ4v) is 3.02. The number of aryl methyl sites for hydroxylation is 2. The molecule has 0 radical (unpaired) electrons. The second-order valence-corrected chi connectivity index (χ2v) is 5.83. The molecule has 1 unspecified atom stereocenters. The van der Waals surface area contributed by atoms with Crippen molar-refractivity contribution >= 4 is 5.91 Å². The van der Waals surface area contributed by atoms with E-state index in [1.165, 1.54) is 16.7 Å². The van der Waals surface area contributed by atoms with Crippen LogP contribution in [0.4, 0.5) is 0 Å². The third-order valence-electron chi connectivity index (χ3n) is 3.92. The van der Waals surface area contributed by atoms with E-state index in [1.54, 1.807) is 0 Å². The summed E-state index contributed by atoms with van der Waals surface area (Å²) in [6.07, 6.45) is 2.90. The van der Waals surface area contributed by atoms with Crippen molar-refractivity contribution in [3.63, 3.8) is 0 Å². The van der Waals surface area contributed by atoms with Gasteiger partial charge in [-0.25, -0.2) is 0 Å². The Morgan fingerprint density at radius 3 is 2.50 bits per heavy atom. The van der Waals surface area contributed by atoms with Gasteiger partial charge in [-0.15, -0.1) is 0 Å². The van der Waals surface area contributed by atoms with Crippen LogP contribution in [0.3, 0.4) is 0 Å². The molecule has 0 aliphatic carbocycles. The lowest BCUT2D eigenvalue weighted by atomic mass is 10.00. The van der Waals surface area contributed by atoms with Gasteiger partial charge in [0.05, 0.1) is 0 Å². The summed E-state index contributed by atoms with van der Waals surface area (Å²) >= 11 is 0. The van der Waals surface area contributed by atoms with Gasteiger partial charge in [0.1, 0.15) is 0 Å². The molecule has 3 heteroatoms. The molecule has 1 fully saturated rings. The van der Waals surface area contributed by atoms with Crippen LogP contribution in [0.25, 0.3) is 0 Å². The standard InChI is InChI=1S/C17H26N2O/c1-4-18-16(12-19-8-6-5-7-17(19)20)15-10-13(2)9-14(3)11-15/h9-11,16,18H,4-8,12H2,1-3H3. The van der Waals surface area contributed by atoms with Crippen molar-refractivity contribution in [2.45, 2.75) is 46.1 Å². The van der Waals surface area contributed by atoms with Gasteiger partial charge in [0.15, 0.2) is 0 Å². The van der Waals surface area contributed by atoms with Crippen molar-refractivity contribution in [2.75, 3.05) is 19.6 Å². The first kappa shape index (κ1) is 15.0. The fourth-order valence-electron chi connectivity index (χ4n) is 3.02. The van der Waals surface area contributed by atoms with Gasteiger partial charge < -0.3 is 10.2 Å². The van der Waals surface area contributed by atoms with Crippen LogP contribution in [0.5, 0.6) is 0 Å². The van der Waals surface area contributed by atoms with E-state index >= 15 is 0 Å². The molecule has 1 heterocycles. The Morgan fingerprint density at radius 1 is 1.20 bits per heavy atom. The molecule has 0 aromatic heterocycles. The van der Waals surface area contributed by atoms with E-state index in [1.807, 2.05) is 4.90 Å². The van der Waals surface area contributed by atoms with Gasteiger partial charge in [-0.3, -0.25) is 4.79 Å². The minimum atomic E-state index is 0.237. The number of carbonyl (C=O) groups excluding carboxylic acids is 1. The zero-order chi connectivity index (χ0) is 14.5. The molecule has 1 aliphatic heterocycles. The van der Waals surface area contributed by atoms with Gasteiger partial charge in [0.2, 0.25) is 5.91 Å². The van der Waals surface area contributed by atoms with Crippen LogP contribution >= 0.6 is 0 Å². The van der Waals surface area contributed by atoms with Crippen molar-refractivity contribution in [2.24, 2.45) is 0 Å². The van der Waals surface area contributed by atoms with E-state index in [0.29, 0.717) is 12.3 Å². The molecule has 20 heavy (non-hydrogen) atoms. The molecule has 2 rings (SSSR count). The lowest BCUT2D eigenvalue weighted by molar-refractivity contribution is -0.133. The largest absolute Gasteiger partial charge is 0.341 e. The maximum absolute atomic E-state index is 12.0. The van der Waals surface area contributed by atoms with Crippen LogP contribution in [0.2, 0.25) is 0 Å². The molecule has 1 aromatic rings. The summed E-state index contributed by atoms with van der Waals surface area (Å²) in [5.41, 5.74) is 3.86. The number of rotatable bonds is 5. The Kier molecular flexibility index (Phi) is 5.18. The van der Waals surface area contributed by atoms with Crippen LogP contribution in [-0.2, 0) is 4.79 Å². The third-order valence-corrected chi connectivity index (χ3v) is 3.92. The predicted molar refractivity (Wildman–Crippen MR) is 82.8 cm³/mol. The van der Waals surface area contributed by atoms with Gasteiger partial charge in [-0.2, -0.15) is 0 Å². The highest BCUT2D eigenvalue weighted by atomic mass is 16.2. The molecule has 3 nitrogen and oxygen atoms in total. The average molecular weight is 274 g/mol. The van der Waals surface area contributed by atoms with Crippen LogP contribution in [0, 0.1) is 13.8 Å². The molecule has 1 atom stereocenters. The summed E-state index contributed by atoms with van der Waals surface area (Å²) < 4.78 is 0. The number of likely N-dealkylation sites (N-methyl/N-ethyl adjacent to an activating group) is 1. The summed E-state index contributed by atoms with van der Waals surface area (Å²) in [6.45, 7) is 8.99. The highest BCUT2D eigenvalue weighted by molar-refractivity contribution is 5.76. The van der Waals surface area contributed by atoms with Gasteiger partial charge >= 0.3 is 0 Å². The fraction of sp³-hybridized carbons (Fsp3) is 0.588. The molecule has 0 saturated carbocycles. The highest BCUT2D eigenvalue weighted by Crippen LogP contribution is 2.20. The van der Waals surface area contributed by atoms with Crippen molar-refractivity contribution in [3.05, 3.63) is 34.9 Å². The van der Waals surface area contributed by atoms with E-state index in [-0.39, 0.29) is 6.04 Å². The van der Waals surface area contributed by atoms with E-state index in [9.17, 15) is 4.79 Å². The maximum atomic E-state index is 12.0. The molecule has 1 saturated heterocycles. The SMILES string of the molecule is CCNC(CN1CCCCC1=O)c1cc(C)cc(C)c1. The zero-order valence-corrected chi connectivity index (χ0v) is 12.9. The molecule has 110 valence electrons. The van der Waals surface area contributed by atoms with Crippen molar-refractivity contribution < 1.29 is 4.79 Å². The molecular formula is C17H26N2O. The van der Waals surface area contributed by atoms with Crippen LogP contribution in [0.15, 0.2) is 18.2 Å². The normalized spacial score (nSPS) is 17.4. The van der Waals surface area contributed by atoms with Gasteiger partial charge in [-0.1, -0.05) is 36.2 Å². The third kappa shape index (κ3) is 3.83. The molecule has 0 bridgehead atoms. The molecular weight excluding hydrogens is 248 g/mol. The van der Waals surface area contributed by atoms with Gasteiger partial charge in [-0.05, 0) is 38.8 Å². The van der Waals surface area contributed by atoms with Crippen molar-refractivity contribution in [1.29, 1.82) is 0 Å². The Hall–Kier alpha value is -1.35. The summed E-state index contributed by atoms with van der Waals surface area (Å²) in [6, 6.07) is 6.89. The van der Waals surface area contributed by atoms with Gasteiger partial charge in [0, 0.05) is 25.6 Å². The van der Waals surface area contributed by atoms with E-state index < -0.39 is 0 Å². The second-order valence-electron chi connectivity index (χ2n) is 5.83. The first-order valence-electron chi connectivity index (χ1n) is 7.69. The Morgan fingerprint density at radius 2 is 1.90 bits per heavy atom. The summed E-state index contributed by atoms with van der Waals surface area (Å²) in [7, 11) is 0. The smallest absolute Gasteiger partial charge is 0.222 e. The van der Waals surface area contributed by atoms with E-state index in [2.05, 4.69) is 44.3 Å². The van der Waals surface area contributed by atoms with E-state index in [0.717, 1.165) is 32.5 Å². The number of nitrogens with zero attached hydrogens (tertiary/aromatic N) is 1. The number of carbonyl (C=O) groups is 1. The lowest BCUT2D eigenvalue weighted by Gasteiger charge is -2.31. The topological polar surface area (TPSA) is 32.3 Å². The number of hydrogen-bond acceptors (Lipinski definition) is 2. The Bertz CT molecular complexity index is 450. The number of likely N-dealkylation sites (tertiary alicyclic amines) is 1. The van der Waals surface area contributed by atoms with Crippen molar-refractivity contribution in [1.82, 2.24) is 10.2 Å². The van der Waals surface area contributed by atoms with Crippen LogP contribution in [0.1, 0.15) is 48.9 Å². The average Bonchev–Trinajstić information content (AvgIpc) is 2.39. The van der Waals surface area contributed by atoms with Gasteiger partial charge in [0.25, 0.3) is 0 Å². The number of hydrogen-bond donors (Lipinski definition) is 1. The Balaban J connectivity index is 2.15. The summed E-state index contributed by atoms with van der Waals surface area (Å²) in [4.78, 5) is 14.0. The number of amides is 1. The number of piperidine rings is 1. The molecule has 1 aliphatic rings. The van der Waals surface area contributed by atoms with Crippen LogP contribution < -0.4 is 5.32 Å². The lowest BCUT2D eigenvalue weighted by Crippen LogP contribution is -2.41. The summed E-state index contributed by atoms with van der Waals surface area (Å²) in [5, 5.41) is 3.53. The summed E-state index contributed by atoms with van der Waals surface area (Å²) in [5.74, 6) is 0.309. The molecule has 1 aromatic carbocycles. The molecule has 0 spiro atoms. The number of nitrogens with one attached hydrogen (secondary N) is 1. The minimum absolute atomic E-state index is 0.237. The van der Waals surface area contributed by atoms with Crippen molar-refractivity contribution in [3.8, 4) is 0 Å². The molecule has 1 amide bonds. The minimum Gasteiger partial charge on any atom is -0.341 e. The number of benzene rings is 1. The molecule has 1 N–H and O–H groups in total. The zero-order valence-electron chi connectivity index (χ0n) is 12.9.